The van der Waals surface area contributed by atoms with E-state index in [1.807, 2.05) is 6.08 Å². The molecule has 4 rings (SSSR count). The summed E-state index contributed by atoms with van der Waals surface area (Å²) in [6.45, 7) is 4.13. The highest BCUT2D eigenvalue weighted by molar-refractivity contribution is 7.10. The van der Waals surface area contributed by atoms with E-state index < -0.39 is 5.54 Å². The average Bonchev–Trinajstić information content (AvgIpc) is 3.20. The van der Waals surface area contributed by atoms with Gasteiger partial charge in [-0.25, -0.2) is 0 Å². The van der Waals surface area contributed by atoms with Crippen molar-refractivity contribution in [1.82, 2.24) is 10.2 Å². The molecule has 1 amide bonds. The quantitative estimate of drug-likeness (QED) is 0.756. The first-order valence-corrected chi connectivity index (χ1v) is 11.0. The number of rotatable bonds is 3. The van der Waals surface area contributed by atoms with Crippen LogP contribution in [0.25, 0.3) is 6.08 Å². The third-order valence-corrected chi connectivity index (χ3v) is 7.13. The Bertz CT molecular complexity index is 1110. The van der Waals surface area contributed by atoms with Crippen molar-refractivity contribution < 1.29 is 9.90 Å². The van der Waals surface area contributed by atoms with Crippen LogP contribution in [0.3, 0.4) is 0 Å². The molecular formula is C24H25N3O2S. The molecule has 1 aromatic heterocycles. The minimum atomic E-state index is -0.509. The standard InChI is InChI=1S/C24H25N3O2S/c1-4-5-21-26-24(2,13-22(29)27(21)3)17-11-16-8-9-30-23(16)19(12-17)18-10-15(14-25)6-7-20(18)28/h5-11,19,26,28H,4,12-13H2,1-3H3/b21-5-/t19?,24-/m0/s1. The third-order valence-electron chi connectivity index (χ3n) is 6.08. The van der Waals surface area contributed by atoms with Gasteiger partial charge in [-0.2, -0.15) is 5.26 Å². The smallest absolute Gasteiger partial charge is 0.230 e. The lowest BCUT2D eigenvalue weighted by atomic mass is 9.74. The molecule has 1 unspecified atom stereocenters. The molecular weight excluding hydrogens is 394 g/mol. The van der Waals surface area contributed by atoms with Crippen molar-refractivity contribution in [3.05, 3.63) is 68.7 Å². The minimum Gasteiger partial charge on any atom is -0.508 e. The number of nitriles is 1. The number of amides is 1. The van der Waals surface area contributed by atoms with Gasteiger partial charge < -0.3 is 15.3 Å². The zero-order valence-corrected chi connectivity index (χ0v) is 18.2. The van der Waals surface area contributed by atoms with E-state index in [0.29, 0.717) is 18.4 Å². The van der Waals surface area contributed by atoms with E-state index in [2.05, 4.69) is 42.8 Å². The largest absolute Gasteiger partial charge is 0.508 e. The molecule has 154 valence electrons. The monoisotopic (exact) mass is 419 g/mol. The second-order valence-corrected chi connectivity index (χ2v) is 9.08. The number of allylic oxidation sites excluding steroid dienone is 1. The summed E-state index contributed by atoms with van der Waals surface area (Å²) >= 11 is 1.66. The fourth-order valence-corrected chi connectivity index (χ4v) is 5.37. The van der Waals surface area contributed by atoms with Crippen molar-refractivity contribution in [2.45, 2.75) is 44.6 Å². The second kappa shape index (κ2) is 7.66. The molecule has 1 aromatic carbocycles. The summed E-state index contributed by atoms with van der Waals surface area (Å²) in [6.07, 6.45) is 6.10. The summed E-state index contributed by atoms with van der Waals surface area (Å²) < 4.78 is 0. The van der Waals surface area contributed by atoms with E-state index in [1.54, 1.807) is 41.5 Å². The first kappa shape index (κ1) is 20.2. The lowest BCUT2D eigenvalue weighted by Crippen LogP contribution is -2.56. The van der Waals surface area contributed by atoms with E-state index >= 15 is 0 Å². The van der Waals surface area contributed by atoms with Gasteiger partial charge in [0.2, 0.25) is 5.91 Å². The third kappa shape index (κ3) is 3.40. The van der Waals surface area contributed by atoms with Crippen LogP contribution in [0, 0.1) is 11.3 Å². The Kier molecular flexibility index (Phi) is 5.17. The van der Waals surface area contributed by atoms with Gasteiger partial charge in [0.05, 0.1) is 23.6 Å². The number of hydrogen-bond acceptors (Lipinski definition) is 5. The number of carbonyl (C=O) groups excluding carboxylic acids is 1. The number of thiophene rings is 1. The highest BCUT2D eigenvalue weighted by atomic mass is 32.1. The summed E-state index contributed by atoms with van der Waals surface area (Å²) in [5, 5.41) is 25.6. The van der Waals surface area contributed by atoms with Crippen LogP contribution in [-0.4, -0.2) is 28.5 Å². The van der Waals surface area contributed by atoms with Crippen LogP contribution in [0.4, 0.5) is 0 Å². The number of aromatic hydroxyl groups is 1. The number of carbonyl (C=O) groups is 1. The van der Waals surface area contributed by atoms with E-state index in [0.717, 1.165) is 28.9 Å². The number of nitrogens with zero attached hydrogens (tertiary/aromatic N) is 2. The van der Waals surface area contributed by atoms with Gasteiger partial charge in [-0.1, -0.05) is 13.0 Å². The van der Waals surface area contributed by atoms with Gasteiger partial charge in [0.1, 0.15) is 11.6 Å². The second-order valence-electron chi connectivity index (χ2n) is 8.14. The number of phenolic OH excluding ortho intramolecular Hbond substituents is 1. The van der Waals surface area contributed by atoms with Gasteiger partial charge in [-0.15, -0.1) is 11.3 Å². The topological polar surface area (TPSA) is 76.4 Å². The van der Waals surface area contributed by atoms with Gasteiger partial charge in [0.15, 0.2) is 0 Å². The number of nitrogens with one attached hydrogen (secondary N) is 1. The summed E-state index contributed by atoms with van der Waals surface area (Å²) in [7, 11) is 1.80. The molecule has 2 aromatic rings. The Labute approximate surface area is 181 Å². The predicted octanol–water partition coefficient (Wildman–Crippen LogP) is 4.71. The van der Waals surface area contributed by atoms with Crippen LogP contribution < -0.4 is 5.32 Å². The van der Waals surface area contributed by atoms with Crippen LogP contribution >= 0.6 is 11.3 Å². The number of fused-ring (bicyclic) bond motifs is 1. The Balaban J connectivity index is 1.77. The molecule has 0 bridgehead atoms. The minimum absolute atomic E-state index is 0.0553. The van der Waals surface area contributed by atoms with Gasteiger partial charge in [0.25, 0.3) is 0 Å². The molecule has 0 spiro atoms. The molecule has 1 aliphatic heterocycles. The van der Waals surface area contributed by atoms with Gasteiger partial charge in [0, 0.05) is 23.4 Å². The Morgan fingerprint density at radius 1 is 1.43 bits per heavy atom. The van der Waals surface area contributed by atoms with Crippen molar-refractivity contribution in [3.63, 3.8) is 0 Å². The highest BCUT2D eigenvalue weighted by Gasteiger charge is 2.41. The van der Waals surface area contributed by atoms with Crippen molar-refractivity contribution in [2.24, 2.45) is 0 Å². The van der Waals surface area contributed by atoms with Gasteiger partial charge in [-0.3, -0.25) is 4.79 Å². The molecule has 1 saturated heterocycles. The lowest BCUT2D eigenvalue weighted by Gasteiger charge is -2.44. The van der Waals surface area contributed by atoms with Gasteiger partial charge in [-0.05, 0) is 66.6 Å². The maximum absolute atomic E-state index is 12.8. The van der Waals surface area contributed by atoms with Crippen molar-refractivity contribution >= 4 is 23.3 Å². The summed E-state index contributed by atoms with van der Waals surface area (Å²) in [6, 6.07) is 9.27. The highest BCUT2D eigenvalue weighted by Crippen LogP contribution is 2.47. The lowest BCUT2D eigenvalue weighted by molar-refractivity contribution is -0.131. The Morgan fingerprint density at radius 3 is 2.97 bits per heavy atom. The molecule has 1 fully saturated rings. The van der Waals surface area contributed by atoms with Crippen LogP contribution in [0.5, 0.6) is 5.75 Å². The van der Waals surface area contributed by atoms with Crippen molar-refractivity contribution in [2.75, 3.05) is 7.05 Å². The molecule has 0 radical (unpaired) electrons. The summed E-state index contributed by atoms with van der Waals surface area (Å²) in [5.74, 6) is 1.06. The fourth-order valence-electron chi connectivity index (χ4n) is 4.37. The number of benzene rings is 1. The maximum Gasteiger partial charge on any atom is 0.230 e. The zero-order chi connectivity index (χ0) is 21.5. The first-order valence-electron chi connectivity index (χ1n) is 10.1. The van der Waals surface area contributed by atoms with E-state index in [9.17, 15) is 15.2 Å². The maximum atomic E-state index is 12.8. The Hall–Kier alpha value is -3.04. The van der Waals surface area contributed by atoms with E-state index in [4.69, 9.17) is 0 Å². The molecule has 2 aliphatic rings. The van der Waals surface area contributed by atoms with Crippen molar-refractivity contribution in [3.8, 4) is 11.8 Å². The van der Waals surface area contributed by atoms with Crippen LogP contribution in [0.15, 0.2) is 47.1 Å². The normalized spacial score (nSPS) is 24.8. The van der Waals surface area contributed by atoms with E-state index in [-0.39, 0.29) is 17.6 Å². The first-order chi connectivity index (χ1) is 14.4. The number of phenols is 1. The van der Waals surface area contributed by atoms with Crippen molar-refractivity contribution in [1.29, 1.82) is 5.26 Å². The fraction of sp³-hybridized carbons (Fsp3) is 0.333. The zero-order valence-electron chi connectivity index (χ0n) is 17.4. The number of hydrogen-bond donors (Lipinski definition) is 2. The van der Waals surface area contributed by atoms with Crippen LogP contribution in [0.2, 0.25) is 0 Å². The predicted molar refractivity (Wildman–Crippen MR) is 119 cm³/mol. The molecule has 5 nitrogen and oxygen atoms in total. The van der Waals surface area contributed by atoms with Crippen LogP contribution in [-0.2, 0) is 4.79 Å². The molecule has 2 heterocycles. The van der Waals surface area contributed by atoms with E-state index in [1.165, 1.54) is 4.88 Å². The SMILES string of the molecule is CC/C=C1/N[C@](C)(C2=Cc3ccsc3C(c3cc(C#N)ccc3O)C2)CC(=O)N1C. The summed E-state index contributed by atoms with van der Waals surface area (Å²) in [4.78, 5) is 15.6. The molecule has 1 aliphatic carbocycles. The summed E-state index contributed by atoms with van der Waals surface area (Å²) in [5.41, 5.74) is 3.02. The molecule has 30 heavy (non-hydrogen) atoms. The molecule has 6 heteroatoms. The van der Waals surface area contributed by atoms with Crippen LogP contribution in [0.1, 0.15) is 60.6 Å². The average molecular weight is 420 g/mol. The molecule has 2 atom stereocenters. The Morgan fingerprint density at radius 2 is 2.23 bits per heavy atom. The molecule has 2 N–H and O–H groups in total. The molecule has 0 saturated carbocycles. The van der Waals surface area contributed by atoms with Gasteiger partial charge >= 0.3 is 0 Å².